The zero-order valence-corrected chi connectivity index (χ0v) is 39.5. The second kappa shape index (κ2) is 50.7. The van der Waals surface area contributed by atoms with E-state index in [0.717, 1.165) is 77.0 Å². The molecule has 346 valence electrons. The van der Waals surface area contributed by atoms with Crippen LogP contribution in [-0.2, 0) is 19.1 Å². The highest BCUT2D eigenvalue weighted by molar-refractivity contribution is 5.70. The molecule has 60 heavy (non-hydrogen) atoms. The van der Waals surface area contributed by atoms with Crippen molar-refractivity contribution in [1.82, 2.24) is 0 Å². The van der Waals surface area contributed by atoms with E-state index in [1.807, 2.05) is 0 Å². The Morgan fingerprint density at radius 1 is 0.400 bits per heavy atom. The second-order valence-electron chi connectivity index (χ2n) is 16.9. The van der Waals surface area contributed by atoms with Crippen LogP contribution in [-0.4, -0.2) is 36.4 Å². The van der Waals surface area contributed by atoms with Crippen LogP contribution in [0.4, 0.5) is 0 Å². The Morgan fingerprint density at radius 3 is 1.08 bits per heavy atom. The van der Waals surface area contributed by atoms with Gasteiger partial charge in [-0.05, 0) is 83.5 Å². The van der Waals surface area contributed by atoms with Crippen molar-refractivity contribution in [3.8, 4) is 0 Å². The van der Waals surface area contributed by atoms with Crippen molar-refractivity contribution < 1.29 is 24.2 Å². The van der Waals surface area contributed by atoms with Gasteiger partial charge in [-0.15, -0.1) is 0 Å². The number of aliphatic hydroxyl groups excluding tert-OH is 1. The van der Waals surface area contributed by atoms with Crippen LogP contribution in [0.3, 0.4) is 0 Å². The summed E-state index contributed by atoms with van der Waals surface area (Å²) in [5.74, 6) is -0.604. The molecule has 0 aromatic heterocycles. The lowest BCUT2D eigenvalue weighted by Gasteiger charge is -2.15. The maximum absolute atomic E-state index is 12.2. The summed E-state index contributed by atoms with van der Waals surface area (Å²) in [6.07, 6.45) is 68.5. The molecule has 0 aromatic rings. The zero-order valence-electron chi connectivity index (χ0n) is 39.5. The van der Waals surface area contributed by atoms with Gasteiger partial charge in [-0.3, -0.25) is 9.59 Å². The first-order valence-electron chi connectivity index (χ1n) is 25.5. The molecule has 1 N–H and O–H groups in total. The van der Waals surface area contributed by atoms with E-state index in [1.165, 1.54) is 141 Å². The minimum Gasteiger partial charge on any atom is -0.462 e. The molecule has 0 bridgehead atoms. The number of rotatable bonds is 46. The number of carbonyl (C=O) groups excluding carboxylic acids is 2. The lowest BCUT2D eigenvalue weighted by Crippen LogP contribution is -2.28. The van der Waals surface area contributed by atoms with Crippen molar-refractivity contribution in [3.05, 3.63) is 72.9 Å². The molecule has 0 fully saturated rings. The summed E-state index contributed by atoms with van der Waals surface area (Å²) in [6, 6.07) is 0. The summed E-state index contributed by atoms with van der Waals surface area (Å²) in [6.45, 7) is 4.02. The summed E-state index contributed by atoms with van der Waals surface area (Å²) in [5.41, 5.74) is 0. The van der Waals surface area contributed by atoms with Gasteiger partial charge in [-0.25, -0.2) is 0 Å². The summed E-state index contributed by atoms with van der Waals surface area (Å²) in [4.78, 5) is 24.4. The van der Waals surface area contributed by atoms with Gasteiger partial charge in [0.2, 0.25) is 0 Å². The van der Waals surface area contributed by atoms with E-state index in [0.29, 0.717) is 12.8 Å². The normalized spacial score (nSPS) is 12.8. The van der Waals surface area contributed by atoms with Crippen molar-refractivity contribution in [2.24, 2.45) is 0 Å². The molecule has 0 heterocycles. The molecular weight excluding hydrogens is 741 g/mol. The summed E-state index contributed by atoms with van der Waals surface area (Å²) in [5, 5.41) is 9.62. The topological polar surface area (TPSA) is 72.8 Å². The molecule has 0 saturated carbocycles. The standard InChI is InChI=1S/C55H96O5/c1-3-5-7-9-11-13-15-17-19-21-23-24-25-26-27-28-29-30-32-33-35-37-39-41-43-45-47-49-54(57)59-52-53(51-56)60-55(58)50-48-46-44-42-40-38-36-34-31-22-20-18-16-14-12-10-8-6-4-2/h6,8,12,14-15,17-18,20-21,23,31,34,53,56H,3-5,7,9-11,13,16,19,22,24-30,32-33,35-52H2,1-2H3/b8-6-,14-12-,17-15-,20-18-,23-21-,34-31-. The van der Waals surface area contributed by atoms with E-state index in [9.17, 15) is 14.7 Å². The number of hydrogen-bond donors (Lipinski definition) is 1. The van der Waals surface area contributed by atoms with Gasteiger partial charge >= 0.3 is 11.9 Å². The van der Waals surface area contributed by atoms with Crippen molar-refractivity contribution in [1.29, 1.82) is 0 Å². The molecule has 1 unspecified atom stereocenters. The van der Waals surface area contributed by atoms with Crippen molar-refractivity contribution in [2.75, 3.05) is 13.2 Å². The molecule has 0 aromatic carbocycles. The molecule has 0 rings (SSSR count). The first kappa shape index (κ1) is 57.3. The smallest absolute Gasteiger partial charge is 0.306 e. The van der Waals surface area contributed by atoms with E-state index in [2.05, 4.69) is 86.8 Å². The van der Waals surface area contributed by atoms with Gasteiger partial charge in [-0.2, -0.15) is 0 Å². The number of hydrogen-bond acceptors (Lipinski definition) is 5. The number of allylic oxidation sites excluding steroid dienone is 12. The highest BCUT2D eigenvalue weighted by Crippen LogP contribution is 2.15. The minimum absolute atomic E-state index is 0.0734. The van der Waals surface area contributed by atoms with Gasteiger partial charge < -0.3 is 14.6 Å². The first-order chi connectivity index (χ1) is 29.6. The van der Waals surface area contributed by atoms with Crippen molar-refractivity contribution >= 4 is 11.9 Å². The SMILES string of the molecule is CC/C=C\C/C=C\C/C=C\C/C=C\CCCCCCCCC(=O)OC(CO)COC(=O)CCCCCCCCCCCCCCCCC/C=C\C/C=C\CCCCCCC. The van der Waals surface area contributed by atoms with E-state index in [1.54, 1.807) is 0 Å². The van der Waals surface area contributed by atoms with Gasteiger partial charge in [0.1, 0.15) is 6.61 Å². The van der Waals surface area contributed by atoms with Crippen LogP contribution in [0.25, 0.3) is 0 Å². The fourth-order valence-electron chi connectivity index (χ4n) is 7.17. The molecule has 0 aliphatic heterocycles. The first-order valence-corrected chi connectivity index (χ1v) is 25.5. The van der Waals surface area contributed by atoms with Gasteiger partial charge in [0.25, 0.3) is 0 Å². The summed E-state index contributed by atoms with van der Waals surface area (Å²) in [7, 11) is 0. The number of aliphatic hydroxyl groups is 1. The molecule has 0 amide bonds. The fraction of sp³-hybridized carbons (Fsp3) is 0.745. The van der Waals surface area contributed by atoms with Crippen LogP contribution in [0.1, 0.15) is 245 Å². The molecule has 5 nitrogen and oxygen atoms in total. The summed E-state index contributed by atoms with van der Waals surface area (Å²) < 4.78 is 10.7. The Morgan fingerprint density at radius 2 is 0.717 bits per heavy atom. The molecule has 0 aliphatic rings. The van der Waals surface area contributed by atoms with Crippen LogP contribution in [0.15, 0.2) is 72.9 Å². The largest absolute Gasteiger partial charge is 0.462 e. The Hall–Kier alpha value is -2.66. The van der Waals surface area contributed by atoms with Crippen LogP contribution in [0, 0.1) is 0 Å². The highest BCUT2D eigenvalue weighted by Gasteiger charge is 2.16. The highest BCUT2D eigenvalue weighted by atomic mass is 16.6. The molecule has 1 atom stereocenters. The Balaban J connectivity index is 3.51. The second-order valence-corrected chi connectivity index (χ2v) is 16.9. The molecule has 0 radical (unpaired) electrons. The predicted octanol–water partition coefficient (Wildman–Crippen LogP) is 16.9. The summed E-state index contributed by atoms with van der Waals surface area (Å²) >= 11 is 0. The van der Waals surface area contributed by atoms with Crippen LogP contribution in [0.5, 0.6) is 0 Å². The lowest BCUT2D eigenvalue weighted by molar-refractivity contribution is -0.161. The minimum atomic E-state index is -0.783. The predicted molar refractivity (Wildman–Crippen MR) is 260 cm³/mol. The Labute approximate surface area is 372 Å². The molecule has 0 saturated heterocycles. The Kier molecular flexibility index (Phi) is 48.4. The van der Waals surface area contributed by atoms with Crippen LogP contribution in [0.2, 0.25) is 0 Å². The maximum atomic E-state index is 12.2. The fourth-order valence-corrected chi connectivity index (χ4v) is 7.17. The number of carbonyl (C=O) groups is 2. The van der Waals surface area contributed by atoms with Crippen molar-refractivity contribution in [2.45, 2.75) is 251 Å². The molecule has 0 aliphatic carbocycles. The number of unbranched alkanes of at least 4 members (excludes halogenated alkanes) is 26. The maximum Gasteiger partial charge on any atom is 0.306 e. The van der Waals surface area contributed by atoms with Gasteiger partial charge in [0, 0.05) is 12.8 Å². The van der Waals surface area contributed by atoms with E-state index in [-0.39, 0.29) is 25.2 Å². The third-order valence-electron chi connectivity index (χ3n) is 11.0. The van der Waals surface area contributed by atoms with Gasteiger partial charge in [-0.1, -0.05) is 222 Å². The van der Waals surface area contributed by atoms with Crippen molar-refractivity contribution in [3.63, 3.8) is 0 Å². The van der Waals surface area contributed by atoms with E-state index < -0.39 is 6.10 Å². The average molecular weight is 837 g/mol. The Bertz CT molecular complexity index is 1080. The lowest BCUT2D eigenvalue weighted by atomic mass is 10.0. The number of esters is 2. The molecule has 0 spiro atoms. The van der Waals surface area contributed by atoms with E-state index >= 15 is 0 Å². The average Bonchev–Trinajstić information content (AvgIpc) is 3.25. The number of ether oxygens (including phenoxy) is 2. The monoisotopic (exact) mass is 837 g/mol. The quantitative estimate of drug-likeness (QED) is 0.0376. The van der Waals surface area contributed by atoms with E-state index in [4.69, 9.17) is 9.47 Å². The van der Waals surface area contributed by atoms with Crippen LogP contribution < -0.4 is 0 Å². The third-order valence-corrected chi connectivity index (χ3v) is 11.0. The zero-order chi connectivity index (χ0) is 43.5. The third kappa shape index (κ3) is 48.0. The van der Waals surface area contributed by atoms with Crippen LogP contribution >= 0.6 is 0 Å². The molecular formula is C55H96O5. The van der Waals surface area contributed by atoms with Gasteiger partial charge in [0.05, 0.1) is 6.61 Å². The van der Waals surface area contributed by atoms with Gasteiger partial charge in [0.15, 0.2) is 6.10 Å². The molecule has 5 heteroatoms.